The SMILES string of the molecule is Cc1c(N)cccc1S(=O)CCSC(F)(F)F. The summed E-state index contributed by atoms with van der Waals surface area (Å²) >= 11 is -0.158. The lowest BCUT2D eigenvalue weighted by Crippen LogP contribution is -2.08. The third kappa shape index (κ3) is 4.59. The Bertz CT molecular complexity index is 421. The van der Waals surface area contributed by atoms with Gasteiger partial charge in [0.1, 0.15) is 0 Å². The Morgan fingerprint density at radius 2 is 2.06 bits per heavy atom. The summed E-state index contributed by atoms with van der Waals surface area (Å²) in [5.74, 6) is -0.251. The fourth-order valence-corrected chi connectivity index (χ4v) is 3.30. The number of nitrogen functional groups attached to an aromatic ring is 1. The fraction of sp³-hybridized carbons (Fsp3) is 0.400. The average molecular weight is 283 g/mol. The van der Waals surface area contributed by atoms with Crippen molar-refractivity contribution < 1.29 is 17.4 Å². The van der Waals surface area contributed by atoms with Crippen molar-refractivity contribution in [2.24, 2.45) is 0 Å². The standard InChI is InChI=1S/C10H12F3NOS2/c1-7-8(14)3-2-4-9(7)17(15)6-5-16-10(11,12)13/h2-4H,5-6,14H2,1H3. The van der Waals surface area contributed by atoms with Gasteiger partial charge >= 0.3 is 5.51 Å². The van der Waals surface area contributed by atoms with Crippen LogP contribution in [0.4, 0.5) is 18.9 Å². The first-order chi connectivity index (χ1) is 7.81. The summed E-state index contributed by atoms with van der Waals surface area (Å²) in [6, 6.07) is 4.94. The van der Waals surface area contributed by atoms with Gasteiger partial charge in [0.25, 0.3) is 0 Å². The van der Waals surface area contributed by atoms with Gasteiger partial charge in [-0.2, -0.15) is 13.2 Å². The second-order valence-corrected chi connectivity index (χ2v) is 6.01. The Morgan fingerprint density at radius 3 is 2.65 bits per heavy atom. The van der Waals surface area contributed by atoms with E-state index in [0.717, 1.165) is 0 Å². The van der Waals surface area contributed by atoms with E-state index in [2.05, 4.69) is 0 Å². The molecule has 0 amide bonds. The molecule has 2 nitrogen and oxygen atoms in total. The van der Waals surface area contributed by atoms with Gasteiger partial charge in [-0.1, -0.05) is 17.8 Å². The molecule has 0 bridgehead atoms. The molecule has 1 unspecified atom stereocenters. The largest absolute Gasteiger partial charge is 0.441 e. The molecule has 0 aliphatic heterocycles. The molecule has 0 aliphatic carbocycles. The predicted octanol–water partition coefficient (Wildman–Crippen LogP) is 2.94. The van der Waals surface area contributed by atoms with Crippen LogP contribution in [0.25, 0.3) is 0 Å². The summed E-state index contributed by atoms with van der Waals surface area (Å²) in [5.41, 5.74) is 2.54. The van der Waals surface area contributed by atoms with E-state index in [0.29, 0.717) is 16.1 Å². The van der Waals surface area contributed by atoms with Crippen molar-refractivity contribution in [2.75, 3.05) is 17.2 Å². The zero-order chi connectivity index (χ0) is 13.1. The molecule has 7 heteroatoms. The molecule has 0 saturated carbocycles. The van der Waals surface area contributed by atoms with Gasteiger partial charge in [-0.3, -0.25) is 4.21 Å². The predicted molar refractivity (Wildman–Crippen MR) is 65.4 cm³/mol. The van der Waals surface area contributed by atoms with Crippen LogP contribution in [0.2, 0.25) is 0 Å². The van der Waals surface area contributed by atoms with E-state index in [1.54, 1.807) is 25.1 Å². The number of halogens is 3. The van der Waals surface area contributed by atoms with E-state index in [1.165, 1.54) is 0 Å². The van der Waals surface area contributed by atoms with Gasteiger partial charge in [0.2, 0.25) is 0 Å². The molecule has 0 radical (unpaired) electrons. The fourth-order valence-electron chi connectivity index (χ4n) is 1.22. The summed E-state index contributed by atoms with van der Waals surface area (Å²) in [4.78, 5) is 0.507. The third-order valence-corrected chi connectivity index (χ3v) is 4.61. The zero-order valence-corrected chi connectivity index (χ0v) is 10.7. The van der Waals surface area contributed by atoms with Crippen molar-refractivity contribution in [3.8, 4) is 0 Å². The van der Waals surface area contributed by atoms with E-state index in [-0.39, 0.29) is 23.3 Å². The van der Waals surface area contributed by atoms with Crippen LogP contribution in [0.5, 0.6) is 0 Å². The molecule has 0 fully saturated rings. The van der Waals surface area contributed by atoms with Crippen LogP contribution in [0.15, 0.2) is 23.1 Å². The molecular weight excluding hydrogens is 271 g/mol. The molecule has 1 aromatic carbocycles. The van der Waals surface area contributed by atoms with E-state index in [1.807, 2.05) is 0 Å². The summed E-state index contributed by atoms with van der Waals surface area (Å²) < 4.78 is 47.5. The topological polar surface area (TPSA) is 43.1 Å². The lowest BCUT2D eigenvalue weighted by molar-refractivity contribution is -0.0326. The van der Waals surface area contributed by atoms with Crippen LogP contribution in [0.1, 0.15) is 5.56 Å². The van der Waals surface area contributed by atoms with Crippen molar-refractivity contribution in [1.82, 2.24) is 0 Å². The van der Waals surface area contributed by atoms with Gasteiger partial charge < -0.3 is 5.73 Å². The van der Waals surface area contributed by atoms with E-state index in [9.17, 15) is 17.4 Å². The average Bonchev–Trinajstić information content (AvgIpc) is 2.20. The number of anilines is 1. The highest BCUT2D eigenvalue weighted by molar-refractivity contribution is 8.00. The first-order valence-corrected chi connectivity index (χ1v) is 7.06. The van der Waals surface area contributed by atoms with Gasteiger partial charge in [0.15, 0.2) is 0 Å². The van der Waals surface area contributed by atoms with Crippen LogP contribution < -0.4 is 5.73 Å². The van der Waals surface area contributed by atoms with Crippen LogP contribution in [-0.4, -0.2) is 21.2 Å². The maximum absolute atomic E-state index is 11.9. The van der Waals surface area contributed by atoms with E-state index < -0.39 is 16.3 Å². The zero-order valence-electron chi connectivity index (χ0n) is 9.08. The Balaban J connectivity index is 2.62. The molecule has 0 saturated heterocycles. The molecule has 0 aromatic heterocycles. The number of hydrogen-bond acceptors (Lipinski definition) is 3. The number of alkyl halides is 3. The highest BCUT2D eigenvalue weighted by atomic mass is 32.2. The lowest BCUT2D eigenvalue weighted by atomic mass is 10.2. The number of nitrogens with two attached hydrogens (primary N) is 1. The minimum atomic E-state index is -4.27. The molecule has 96 valence electrons. The van der Waals surface area contributed by atoms with Crippen LogP contribution >= 0.6 is 11.8 Å². The summed E-state index contributed by atoms with van der Waals surface area (Å²) in [7, 11) is -1.44. The first-order valence-electron chi connectivity index (χ1n) is 4.75. The quantitative estimate of drug-likeness (QED) is 0.864. The van der Waals surface area contributed by atoms with Crippen molar-refractivity contribution >= 4 is 28.2 Å². The Morgan fingerprint density at radius 1 is 1.41 bits per heavy atom. The van der Waals surface area contributed by atoms with Crippen LogP contribution in [0, 0.1) is 6.92 Å². The second-order valence-electron chi connectivity index (χ2n) is 3.31. The van der Waals surface area contributed by atoms with Crippen molar-refractivity contribution in [2.45, 2.75) is 17.3 Å². The molecule has 1 aromatic rings. The van der Waals surface area contributed by atoms with Crippen LogP contribution in [-0.2, 0) is 10.8 Å². The van der Waals surface area contributed by atoms with Gasteiger partial charge in [-0.25, -0.2) is 0 Å². The maximum atomic E-state index is 11.9. The number of thioether (sulfide) groups is 1. The highest BCUT2D eigenvalue weighted by Crippen LogP contribution is 2.30. The Labute approximate surface area is 104 Å². The van der Waals surface area contributed by atoms with E-state index in [4.69, 9.17) is 5.73 Å². The molecule has 17 heavy (non-hydrogen) atoms. The molecule has 0 spiro atoms. The van der Waals surface area contributed by atoms with Crippen molar-refractivity contribution in [3.05, 3.63) is 23.8 Å². The van der Waals surface area contributed by atoms with Crippen LogP contribution in [0.3, 0.4) is 0 Å². The van der Waals surface area contributed by atoms with Crippen molar-refractivity contribution in [1.29, 1.82) is 0 Å². The monoisotopic (exact) mass is 283 g/mol. The maximum Gasteiger partial charge on any atom is 0.441 e. The molecule has 1 atom stereocenters. The number of hydrogen-bond donors (Lipinski definition) is 1. The molecule has 2 N–H and O–H groups in total. The lowest BCUT2D eigenvalue weighted by Gasteiger charge is -2.08. The molecule has 0 aliphatic rings. The minimum Gasteiger partial charge on any atom is -0.398 e. The van der Waals surface area contributed by atoms with Gasteiger partial charge in [0.05, 0.1) is 10.8 Å². The smallest absolute Gasteiger partial charge is 0.398 e. The number of benzene rings is 1. The van der Waals surface area contributed by atoms with E-state index >= 15 is 0 Å². The Kier molecular flexibility index (Phi) is 4.88. The minimum absolute atomic E-state index is 0.0333. The van der Waals surface area contributed by atoms with Crippen molar-refractivity contribution in [3.63, 3.8) is 0 Å². The first kappa shape index (κ1) is 14.4. The van der Waals surface area contributed by atoms with Gasteiger partial charge in [-0.15, -0.1) is 0 Å². The Hall–Kier alpha value is -0.690. The van der Waals surface area contributed by atoms with Gasteiger partial charge in [0, 0.05) is 22.1 Å². The summed E-state index contributed by atoms with van der Waals surface area (Å²) in [6.07, 6.45) is 0. The summed E-state index contributed by atoms with van der Waals surface area (Å²) in [6.45, 7) is 1.71. The highest BCUT2D eigenvalue weighted by Gasteiger charge is 2.28. The molecule has 0 heterocycles. The number of rotatable bonds is 4. The van der Waals surface area contributed by atoms with Gasteiger partial charge in [-0.05, 0) is 24.6 Å². The molecular formula is C10H12F3NOS2. The third-order valence-electron chi connectivity index (χ3n) is 2.11. The normalized spacial score (nSPS) is 13.6. The second kappa shape index (κ2) is 5.77. The summed E-state index contributed by atoms with van der Waals surface area (Å²) in [5, 5.41) is 0. The molecule has 1 rings (SSSR count).